The number of hydrogen-bond acceptors (Lipinski definition) is 5. The first-order valence-electron chi connectivity index (χ1n) is 8.25. The quantitative estimate of drug-likeness (QED) is 0.536. The molecule has 3 N–H and O–H groups in total. The molecule has 148 valence electrons. The maximum absolute atomic E-state index is 12.7. The van der Waals surface area contributed by atoms with Crippen molar-refractivity contribution in [2.45, 2.75) is 12.5 Å². The average Bonchev–Trinajstić information content (AvgIpc) is 3.20. The molecule has 2 aromatic rings. The number of halogens is 1. The smallest absolute Gasteiger partial charge is 0.326 e. The zero-order valence-corrected chi connectivity index (χ0v) is 16.5. The molecule has 0 unspecified atom stereocenters. The summed E-state index contributed by atoms with van der Waals surface area (Å²) in [5.74, 6) is -1.91. The van der Waals surface area contributed by atoms with Crippen LogP contribution in [0.4, 0.5) is 0 Å². The van der Waals surface area contributed by atoms with E-state index in [-0.39, 0.29) is 17.9 Å². The number of amides is 2. The molecule has 2 rings (SSSR count). The number of thioether (sulfide) groups is 1. The first kappa shape index (κ1) is 21.6. The summed E-state index contributed by atoms with van der Waals surface area (Å²) in [6, 6.07) is 8.51. The maximum Gasteiger partial charge on any atom is 0.326 e. The number of carboxylic acids is 1. The molecule has 0 aliphatic rings. The predicted octanol–water partition coefficient (Wildman–Crippen LogP) is 3.03. The van der Waals surface area contributed by atoms with Crippen LogP contribution in [0.15, 0.2) is 52.8 Å². The van der Waals surface area contributed by atoms with Gasteiger partial charge in [-0.2, -0.15) is 11.8 Å². The van der Waals surface area contributed by atoms with Crippen molar-refractivity contribution in [2.75, 3.05) is 12.0 Å². The summed E-state index contributed by atoms with van der Waals surface area (Å²) >= 11 is 7.34. The zero-order chi connectivity index (χ0) is 20.5. The van der Waals surface area contributed by atoms with E-state index in [2.05, 4.69) is 10.6 Å². The van der Waals surface area contributed by atoms with Gasteiger partial charge in [0, 0.05) is 5.02 Å². The Bertz CT molecular complexity index is 850. The van der Waals surface area contributed by atoms with Gasteiger partial charge >= 0.3 is 5.97 Å². The van der Waals surface area contributed by atoms with E-state index in [0.717, 1.165) is 0 Å². The molecule has 0 aliphatic heterocycles. The third-order valence-electron chi connectivity index (χ3n) is 3.63. The van der Waals surface area contributed by atoms with Gasteiger partial charge in [-0.1, -0.05) is 23.7 Å². The molecule has 0 aliphatic carbocycles. The number of carbonyl (C=O) groups excluding carboxylic acids is 2. The Morgan fingerprint density at radius 1 is 1.25 bits per heavy atom. The Morgan fingerprint density at radius 3 is 2.54 bits per heavy atom. The number of carbonyl (C=O) groups is 3. The van der Waals surface area contributed by atoms with Gasteiger partial charge in [-0.25, -0.2) is 4.79 Å². The highest BCUT2D eigenvalue weighted by Crippen LogP contribution is 2.13. The monoisotopic (exact) mass is 422 g/mol. The normalized spacial score (nSPS) is 12.3. The van der Waals surface area contributed by atoms with E-state index in [9.17, 15) is 19.5 Å². The lowest BCUT2D eigenvalue weighted by Gasteiger charge is -2.16. The molecule has 0 spiro atoms. The second-order valence-corrected chi connectivity index (χ2v) is 7.11. The zero-order valence-electron chi connectivity index (χ0n) is 15.0. The summed E-state index contributed by atoms with van der Waals surface area (Å²) in [4.78, 5) is 36.4. The third-order valence-corrected chi connectivity index (χ3v) is 4.53. The minimum Gasteiger partial charge on any atom is -0.480 e. The molecule has 0 radical (unpaired) electrons. The topological polar surface area (TPSA) is 109 Å². The van der Waals surface area contributed by atoms with Gasteiger partial charge in [0.15, 0.2) is 5.76 Å². The summed E-state index contributed by atoms with van der Waals surface area (Å²) < 4.78 is 5.03. The van der Waals surface area contributed by atoms with Crippen LogP contribution in [0.25, 0.3) is 6.08 Å². The van der Waals surface area contributed by atoms with Gasteiger partial charge in [-0.15, -0.1) is 0 Å². The summed E-state index contributed by atoms with van der Waals surface area (Å²) in [6.07, 6.45) is 4.86. The van der Waals surface area contributed by atoms with Crippen LogP contribution in [0.3, 0.4) is 0 Å². The van der Waals surface area contributed by atoms with E-state index >= 15 is 0 Å². The summed E-state index contributed by atoms with van der Waals surface area (Å²) in [5, 5.41) is 14.8. The van der Waals surface area contributed by atoms with E-state index < -0.39 is 23.8 Å². The van der Waals surface area contributed by atoms with Crippen molar-refractivity contribution < 1.29 is 23.9 Å². The Balaban J connectivity index is 2.25. The fourth-order valence-corrected chi connectivity index (χ4v) is 2.80. The molecule has 28 heavy (non-hydrogen) atoms. The summed E-state index contributed by atoms with van der Waals surface area (Å²) in [6.45, 7) is 0. The van der Waals surface area contributed by atoms with Crippen molar-refractivity contribution in [3.63, 3.8) is 0 Å². The van der Waals surface area contributed by atoms with Crippen molar-refractivity contribution in [1.29, 1.82) is 0 Å². The highest BCUT2D eigenvalue weighted by Gasteiger charge is 2.23. The molecule has 0 saturated heterocycles. The minimum atomic E-state index is -1.15. The van der Waals surface area contributed by atoms with E-state index in [1.54, 1.807) is 30.3 Å². The van der Waals surface area contributed by atoms with Crippen molar-refractivity contribution in [2.24, 2.45) is 0 Å². The van der Waals surface area contributed by atoms with Crippen LogP contribution >= 0.6 is 23.4 Å². The van der Waals surface area contributed by atoms with Crippen molar-refractivity contribution in [3.05, 3.63) is 64.7 Å². The summed E-state index contributed by atoms with van der Waals surface area (Å²) in [5.41, 5.74) is 0.490. The van der Waals surface area contributed by atoms with Crippen LogP contribution in [0.2, 0.25) is 5.02 Å². The van der Waals surface area contributed by atoms with E-state index in [1.165, 1.54) is 30.2 Å². The van der Waals surface area contributed by atoms with Gasteiger partial charge in [-0.3, -0.25) is 9.59 Å². The molecule has 1 atom stereocenters. The minimum absolute atomic E-state index is 0.0203. The van der Waals surface area contributed by atoms with Crippen LogP contribution in [0, 0.1) is 0 Å². The molecule has 0 bridgehead atoms. The summed E-state index contributed by atoms with van der Waals surface area (Å²) in [7, 11) is 0. The fraction of sp³-hybridized carbons (Fsp3) is 0.211. The molecule has 7 nitrogen and oxygen atoms in total. The van der Waals surface area contributed by atoms with Crippen molar-refractivity contribution in [1.82, 2.24) is 10.6 Å². The van der Waals surface area contributed by atoms with Gasteiger partial charge < -0.3 is 20.2 Å². The van der Waals surface area contributed by atoms with Gasteiger partial charge in [0.1, 0.15) is 11.7 Å². The average molecular weight is 423 g/mol. The molecule has 1 heterocycles. The number of carboxylic acid groups (broad SMARTS) is 1. The van der Waals surface area contributed by atoms with Crippen molar-refractivity contribution >= 4 is 47.2 Å². The van der Waals surface area contributed by atoms with Crippen LogP contribution in [0.5, 0.6) is 0 Å². The van der Waals surface area contributed by atoms with E-state index in [0.29, 0.717) is 16.3 Å². The highest BCUT2D eigenvalue weighted by molar-refractivity contribution is 7.98. The first-order chi connectivity index (χ1) is 13.4. The maximum atomic E-state index is 12.7. The number of hydrogen-bond donors (Lipinski definition) is 3. The van der Waals surface area contributed by atoms with E-state index in [4.69, 9.17) is 16.0 Å². The lowest BCUT2D eigenvalue weighted by Crippen LogP contribution is -2.44. The first-order valence-corrected chi connectivity index (χ1v) is 10.0. The number of benzene rings is 1. The van der Waals surface area contributed by atoms with E-state index in [1.807, 2.05) is 6.26 Å². The Labute approximate surface area is 171 Å². The lowest BCUT2D eigenvalue weighted by atomic mass is 10.1. The van der Waals surface area contributed by atoms with Crippen LogP contribution < -0.4 is 10.6 Å². The number of nitrogens with one attached hydrogen (secondary N) is 2. The molecule has 9 heteroatoms. The Kier molecular flexibility index (Phi) is 8.16. The van der Waals surface area contributed by atoms with Gasteiger partial charge in [0.05, 0.1) is 6.26 Å². The van der Waals surface area contributed by atoms with Crippen LogP contribution in [0.1, 0.15) is 22.5 Å². The Morgan fingerprint density at radius 2 is 1.96 bits per heavy atom. The van der Waals surface area contributed by atoms with Crippen LogP contribution in [-0.2, 0) is 9.59 Å². The molecular weight excluding hydrogens is 404 g/mol. The molecule has 0 saturated carbocycles. The van der Waals surface area contributed by atoms with Gasteiger partial charge in [0.2, 0.25) is 0 Å². The largest absolute Gasteiger partial charge is 0.480 e. The molecule has 2 amide bonds. The number of furan rings is 1. The highest BCUT2D eigenvalue weighted by atomic mass is 35.5. The Hall–Kier alpha value is -2.71. The number of rotatable bonds is 9. The second-order valence-electron chi connectivity index (χ2n) is 5.69. The third kappa shape index (κ3) is 6.47. The van der Waals surface area contributed by atoms with Crippen LogP contribution in [-0.4, -0.2) is 40.9 Å². The van der Waals surface area contributed by atoms with Crippen molar-refractivity contribution in [3.8, 4) is 0 Å². The second kappa shape index (κ2) is 10.6. The molecule has 1 aromatic heterocycles. The predicted molar refractivity (Wildman–Crippen MR) is 108 cm³/mol. The SMILES string of the molecule is CSCC[C@H](NC(=O)/C(=C\c1ccc(Cl)cc1)NC(=O)c1ccco1)C(=O)O. The fourth-order valence-electron chi connectivity index (χ4n) is 2.20. The molecular formula is C19H19ClN2O5S. The van der Waals surface area contributed by atoms with Gasteiger partial charge in [0.25, 0.3) is 11.8 Å². The lowest BCUT2D eigenvalue weighted by molar-refractivity contribution is -0.141. The molecule has 0 fully saturated rings. The molecule has 1 aromatic carbocycles. The standard InChI is InChI=1S/C19H19ClN2O5S/c1-28-10-8-14(19(25)26)21-17(23)15(11-12-4-6-13(20)7-5-12)22-18(24)16-3-2-9-27-16/h2-7,9,11,14H,8,10H2,1H3,(H,21,23)(H,22,24)(H,25,26)/b15-11+/t14-/m0/s1. The number of aliphatic carboxylic acids is 1. The van der Waals surface area contributed by atoms with Gasteiger partial charge in [-0.05, 0) is 54.3 Å².